The van der Waals surface area contributed by atoms with Gasteiger partial charge in [-0.05, 0) is 36.8 Å². The minimum atomic E-state index is -4.64. The van der Waals surface area contributed by atoms with Gasteiger partial charge in [-0.25, -0.2) is 9.38 Å². The molecule has 3 aromatic rings. The number of amidine groups is 1. The smallest absolute Gasteiger partial charge is 0.364 e. The van der Waals surface area contributed by atoms with Crippen LogP contribution in [0.25, 0.3) is 0 Å². The first-order valence-electron chi connectivity index (χ1n) is 9.69. The second-order valence-corrected chi connectivity index (χ2v) is 7.47. The summed E-state index contributed by atoms with van der Waals surface area (Å²) in [6, 6.07) is 8.98. The van der Waals surface area contributed by atoms with Gasteiger partial charge >= 0.3 is 12.7 Å². The van der Waals surface area contributed by atoms with Gasteiger partial charge in [0.05, 0.1) is 6.04 Å². The van der Waals surface area contributed by atoms with Crippen LogP contribution in [0.15, 0.2) is 70.7 Å². The van der Waals surface area contributed by atoms with Crippen LogP contribution in [-0.4, -0.2) is 21.4 Å². The van der Waals surface area contributed by atoms with E-state index in [4.69, 9.17) is 0 Å². The van der Waals surface area contributed by atoms with E-state index in [1.807, 2.05) is 0 Å². The molecular weight excluding hydrogens is 450 g/mol. The second-order valence-electron chi connectivity index (χ2n) is 7.47. The zero-order chi connectivity index (χ0) is 24.0. The van der Waals surface area contributed by atoms with Crippen molar-refractivity contribution in [2.75, 3.05) is 0 Å². The third-order valence-corrected chi connectivity index (χ3v) is 5.47. The van der Waals surface area contributed by atoms with Crippen molar-refractivity contribution in [1.82, 2.24) is 14.9 Å². The molecule has 0 spiro atoms. The van der Waals surface area contributed by atoms with E-state index in [0.29, 0.717) is 5.56 Å². The van der Waals surface area contributed by atoms with E-state index >= 15 is 0 Å². The summed E-state index contributed by atoms with van der Waals surface area (Å²) in [5.74, 6) is -0.382. The molecule has 1 N–H and O–H groups in total. The lowest BCUT2D eigenvalue weighted by atomic mass is 9.79. The molecule has 0 fully saturated rings. The normalized spacial score (nSPS) is 20.6. The lowest BCUT2D eigenvalue weighted by Gasteiger charge is -2.31. The summed E-state index contributed by atoms with van der Waals surface area (Å²) in [6.07, 6.45) is -2.66. The van der Waals surface area contributed by atoms with Gasteiger partial charge in [-0.2, -0.15) is 22.0 Å². The van der Waals surface area contributed by atoms with Crippen LogP contribution >= 0.6 is 0 Å². The Morgan fingerprint density at radius 3 is 2.27 bits per heavy atom. The fraction of sp³-hybridized carbons (Fsp3) is 0.227. The van der Waals surface area contributed by atoms with Crippen molar-refractivity contribution in [2.24, 2.45) is 4.99 Å². The average molecular weight is 466 g/mol. The molecule has 0 radical (unpaired) electrons. The largest absolute Gasteiger partial charge is 0.433 e. The van der Waals surface area contributed by atoms with E-state index < -0.39 is 41.4 Å². The van der Waals surface area contributed by atoms with Gasteiger partial charge in [0.1, 0.15) is 22.9 Å². The van der Waals surface area contributed by atoms with Gasteiger partial charge in [0, 0.05) is 29.6 Å². The fourth-order valence-electron chi connectivity index (χ4n) is 3.85. The van der Waals surface area contributed by atoms with Crippen LogP contribution in [0.2, 0.25) is 0 Å². The van der Waals surface area contributed by atoms with Crippen LogP contribution in [0, 0.1) is 5.82 Å². The minimum absolute atomic E-state index is 0.140. The van der Waals surface area contributed by atoms with Crippen molar-refractivity contribution in [1.29, 1.82) is 0 Å². The highest BCUT2D eigenvalue weighted by atomic mass is 19.4. The summed E-state index contributed by atoms with van der Waals surface area (Å²) in [6.45, 7) is -1.38. The molecule has 0 bridgehead atoms. The quantitative estimate of drug-likeness (QED) is 0.577. The van der Waals surface area contributed by atoms with Crippen LogP contribution in [-0.2, 0) is 11.7 Å². The van der Waals surface area contributed by atoms with Crippen LogP contribution < -0.4 is 10.9 Å². The number of nitrogens with zero attached hydrogens (tertiary/aromatic N) is 3. The zero-order valence-electron chi connectivity index (χ0n) is 16.9. The number of rotatable bonds is 4. The Balaban J connectivity index is 1.90. The number of aromatic nitrogens is 2. The van der Waals surface area contributed by atoms with E-state index in [-0.39, 0.29) is 21.5 Å². The first-order valence-corrected chi connectivity index (χ1v) is 9.69. The maximum absolute atomic E-state index is 13.6. The van der Waals surface area contributed by atoms with Gasteiger partial charge in [0.25, 0.3) is 5.56 Å². The number of halogens is 6. The monoisotopic (exact) mass is 466 g/mol. The van der Waals surface area contributed by atoms with E-state index in [2.05, 4.69) is 15.3 Å². The molecule has 4 rings (SSSR count). The molecule has 1 aromatic carbocycles. The molecule has 33 heavy (non-hydrogen) atoms. The van der Waals surface area contributed by atoms with Gasteiger partial charge < -0.3 is 5.32 Å². The highest BCUT2D eigenvalue weighted by Crippen LogP contribution is 2.41. The van der Waals surface area contributed by atoms with Gasteiger partial charge in [0.2, 0.25) is 0 Å². The predicted octanol–water partition coefficient (Wildman–Crippen LogP) is 4.48. The molecule has 0 amide bonds. The van der Waals surface area contributed by atoms with Gasteiger partial charge in [-0.1, -0.05) is 18.2 Å². The standard InChI is InChI=1S/C22H16F6N4O/c1-12-21(14-3-6-16(23)7-4-14,15-5-8-17(29-10-15)22(26,27)28)31-19(30-12)13-2-9-18(33)32(11-13)20(24)25/h2-12,20H,1H3,(H,30,31). The fourth-order valence-corrected chi connectivity index (χ4v) is 3.85. The Bertz CT molecular complexity index is 1250. The molecule has 2 unspecified atom stereocenters. The SMILES string of the molecule is CC1NC(c2ccc(=O)n(C(F)F)c2)=NC1(c1ccc(F)cc1)c1ccc(C(F)(F)F)nc1. The predicted molar refractivity (Wildman–Crippen MR) is 108 cm³/mol. The molecule has 2 atom stereocenters. The third kappa shape index (κ3) is 3.98. The number of hydrogen-bond acceptors (Lipinski definition) is 4. The molecule has 0 saturated carbocycles. The van der Waals surface area contributed by atoms with Crippen molar-refractivity contribution in [3.8, 4) is 0 Å². The number of aliphatic imine (C=N–C) groups is 1. The highest BCUT2D eigenvalue weighted by Gasteiger charge is 2.46. The van der Waals surface area contributed by atoms with E-state index in [1.165, 1.54) is 36.4 Å². The summed E-state index contributed by atoms with van der Waals surface area (Å²) < 4.78 is 79.3. The Labute approximate surface area is 183 Å². The van der Waals surface area contributed by atoms with Crippen LogP contribution in [0.1, 0.15) is 35.9 Å². The Morgan fingerprint density at radius 1 is 1.03 bits per heavy atom. The van der Waals surface area contributed by atoms with Crippen molar-refractivity contribution < 1.29 is 26.3 Å². The summed E-state index contributed by atoms with van der Waals surface area (Å²) in [5, 5.41) is 3.05. The summed E-state index contributed by atoms with van der Waals surface area (Å²) in [7, 11) is 0. The molecule has 1 aliphatic heterocycles. The Morgan fingerprint density at radius 2 is 1.70 bits per heavy atom. The van der Waals surface area contributed by atoms with E-state index in [0.717, 1.165) is 24.5 Å². The third-order valence-electron chi connectivity index (χ3n) is 5.47. The number of hydrogen-bond donors (Lipinski definition) is 1. The molecule has 2 aromatic heterocycles. The van der Waals surface area contributed by atoms with Gasteiger partial charge in [0.15, 0.2) is 0 Å². The molecule has 5 nitrogen and oxygen atoms in total. The first kappa shape index (κ1) is 22.6. The number of benzene rings is 1. The molecule has 1 aliphatic rings. The van der Waals surface area contributed by atoms with E-state index in [1.54, 1.807) is 6.92 Å². The first-order chi connectivity index (χ1) is 15.5. The van der Waals surface area contributed by atoms with Crippen LogP contribution in [0.3, 0.4) is 0 Å². The zero-order valence-corrected chi connectivity index (χ0v) is 16.9. The Hall–Kier alpha value is -3.63. The van der Waals surface area contributed by atoms with Crippen LogP contribution in [0.5, 0.6) is 0 Å². The molecular formula is C22H16F6N4O. The molecule has 11 heteroatoms. The Kier molecular flexibility index (Phi) is 5.51. The van der Waals surface area contributed by atoms with Crippen molar-refractivity contribution >= 4 is 5.84 Å². The second kappa shape index (κ2) is 8.05. The lowest BCUT2D eigenvalue weighted by molar-refractivity contribution is -0.141. The topological polar surface area (TPSA) is 59.3 Å². The maximum atomic E-state index is 13.6. The van der Waals surface area contributed by atoms with Crippen molar-refractivity contribution in [3.63, 3.8) is 0 Å². The minimum Gasteiger partial charge on any atom is -0.364 e. The number of nitrogens with one attached hydrogen (secondary N) is 1. The number of pyridine rings is 2. The van der Waals surface area contributed by atoms with Crippen molar-refractivity contribution in [3.05, 3.63) is 99.5 Å². The average Bonchev–Trinajstić information content (AvgIpc) is 3.12. The number of alkyl halides is 5. The molecule has 3 heterocycles. The van der Waals surface area contributed by atoms with Crippen LogP contribution in [0.4, 0.5) is 26.3 Å². The lowest BCUT2D eigenvalue weighted by Crippen LogP contribution is -2.41. The molecule has 0 aliphatic carbocycles. The van der Waals surface area contributed by atoms with Crippen molar-refractivity contribution in [2.45, 2.75) is 31.2 Å². The summed E-state index contributed by atoms with van der Waals surface area (Å²) in [5.41, 5.74) is -2.44. The summed E-state index contributed by atoms with van der Waals surface area (Å²) in [4.78, 5) is 19.9. The maximum Gasteiger partial charge on any atom is 0.433 e. The molecule has 172 valence electrons. The van der Waals surface area contributed by atoms with E-state index in [9.17, 15) is 31.1 Å². The van der Waals surface area contributed by atoms with Gasteiger partial charge in [-0.3, -0.25) is 14.3 Å². The summed E-state index contributed by atoms with van der Waals surface area (Å²) >= 11 is 0. The molecule has 0 saturated heterocycles. The highest BCUT2D eigenvalue weighted by molar-refractivity contribution is 6.00. The van der Waals surface area contributed by atoms with Gasteiger partial charge in [-0.15, -0.1) is 0 Å².